The molecule has 0 amide bonds. The van der Waals surface area contributed by atoms with Crippen molar-refractivity contribution in [3.63, 3.8) is 0 Å². The van der Waals surface area contributed by atoms with Crippen LogP contribution in [-0.2, 0) is 69.9 Å². The van der Waals surface area contributed by atoms with Gasteiger partial charge in [-0.3, -0.25) is 4.79 Å². The molecule has 1 saturated heterocycles. The van der Waals surface area contributed by atoms with E-state index in [1.54, 1.807) is 48.5 Å². The molecule has 454 valence electrons. The van der Waals surface area contributed by atoms with E-state index in [1.165, 1.54) is 6.07 Å². The van der Waals surface area contributed by atoms with Crippen LogP contribution in [0, 0.1) is 0 Å². The third-order valence-corrected chi connectivity index (χ3v) is 15.1. The van der Waals surface area contributed by atoms with E-state index in [4.69, 9.17) is 42.6 Å². The number of rotatable bonds is 28. The summed E-state index contributed by atoms with van der Waals surface area (Å²) in [6.07, 6.45) is -4.34. The minimum atomic E-state index is -1.34. The zero-order chi connectivity index (χ0) is 61.7. The molecule has 13 heteroatoms. The van der Waals surface area contributed by atoms with E-state index in [1.807, 2.05) is 212 Å². The zero-order valence-corrected chi connectivity index (χ0v) is 49.4. The summed E-state index contributed by atoms with van der Waals surface area (Å²) in [4.78, 5) is 30.0. The van der Waals surface area contributed by atoms with Crippen molar-refractivity contribution in [1.82, 2.24) is 0 Å². The molecular weight excluding hydrogens is 1130 g/mol. The Morgan fingerprint density at radius 3 is 1.23 bits per heavy atom. The Morgan fingerprint density at radius 2 is 0.789 bits per heavy atom. The second-order valence-electron chi connectivity index (χ2n) is 21.5. The lowest BCUT2D eigenvalue weighted by atomic mass is 9.87. The zero-order valence-electron chi connectivity index (χ0n) is 49.4. The third-order valence-electron chi connectivity index (χ3n) is 15.1. The van der Waals surface area contributed by atoms with Crippen LogP contribution in [0.4, 0.5) is 0 Å². The first kappa shape index (κ1) is 61.5. The van der Waals surface area contributed by atoms with Gasteiger partial charge < -0.3 is 52.8 Å². The van der Waals surface area contributed by atoms with E-state index in [9.17, 15) is 15.0 Å². The molecule has 0 aliphatic carbocycles. The van der Waals surface area contributed by atoms with Crippen molar-refractivity contribution in [3.8, 4) is 28.7 Å². The number of ether oxygens (including phenoxy) is 9. The number of phenols is 1. The largest absolute Gasteiger partial charge is 0.507 e. The number of carbonyl (C=O) groups excluding carboxylic acids is 2. The van der Waals surface area contributed by atoms with E-state index < -0.39 is 59.3 Å². The highest BCUT2D eigenvalue weighted by Gasteiger charge is 2.51. The lowest BCUT2D eigenvalue weighted by molar-refractivity contribution is -0.275. The molecule has 0 unspecified atom stereocenters. The monoisotopic (exact) mass is 1200 g/mol. The number of benzene rings is 10. The van der Waals surface area contributed by atoms with Gasteiger partial charge in [-0.15, -0.1) is 0 Å². The molecule has 5 atom stereocenters. The summed E-state index contributed by atoms with van der Waals surface area (Å²) >= 11 is 0. The molecule has 10 aromatic rings. The van der Waals surface area contributed by atoms with Gasteiger partial charge in [0.2, 0.25) is 0 Å². The van der Waals surface area contributed by atoms with Gasteiger partial charge in [0, 0.05) is 17.7 Å². The maximum absolute atomic E-state index is 15.4. The quantitative estimate of drug-likeness (QED) is 0.0157. The highest BCUT2D eigenvalue weighted by atomic mass is 16.6. The topological polar surface area (TPSA) is 158 Å². The fourth-order valence-electron chi connectivity index (χ4n) is 10.4. The molecular formula is C77H68O13. The van der Waals surface area contributed by atoms with Crippen molar-refractivity contribution in [3.05, 3.63) is 334 Å². The summed E-state index contributed by atoms with van der Waals surface area (Å²) < 4.78 is 60.2. The van der Waals surface area contributed by atoms with Gasteiger partial charge in [-0.05, 0) is 87.5 Å². The molecule has 2 N–H and O–H groups in total. The summed E-state index contributed by atoms with van der Waals surface area (Å²) in [7, 11) is 0. The Hall–Kier alpha value is -10.1. The number of carbonyl (C=O) groups is 2. The minimum absolute atomic E-state index is 0.0209. The standard InChI is InChI=1S/C77H68O13/c78-65(61-36-40-63(41-37-61)83-47-55-24-10-2-11-25-55)44-66(79)70-68(90-77(81)62-38-42-64(43-39-62)84-48-56-26-12-3-13-27-56)45-67(85-49-57-28-14-4-15-29-57)71(72(70)80)74-76(88-52-60-34-20-7-21-35-60)75(87-51-59-32-18-6-19-33-59)73(86-50-58-30-16-5-17-31-58)69(89-74)53-82-46-54-22-8-1-9-23-54/h1-45,69,73-76,78,80H,46-53H2/b65-44-/t69-,73-,74+,75+,76+/m1/s1. The average Bonchev–Trinajstić information content (AvgIpc) is 0.798. The second-order valence-corrected chi connectivity index (χ2v) is 21.5. The van der Waals surface area contributed by atoms with Crippen LogP contribution in [0.5, 0.6) is 28.7 Å². The van der Waals surface area contributed by atoms with Crippen LogP contribution in [0.3, 0.4) is 0 Å². The molecule has 0 saturated carbocycles. The van der Waals surface area contributed by atoms with Crippen LogP contribution >= 0.6 is 0 Å². The van der Waals surface area contributed by atoms with Crippen LogP contribution in [0.2, 0.25) is 0 Å². The van der Waals surface area contributed by atoms with Crippen LogP contribution < -0.4 is 18.9 Å². The summed E-state index contributed by atoms with van der Waals surface area (Å²) in [5.74, 6) is -2.32. The molecule has 1 heterocycles. The molecule has 90 heavy (non-hydrogen) atoms. The van der Waals surface area contributed by atoms with Crippen LogP contribution in [-0.4, -0.2) is 53.0 Å². The van der Waals surface area contributed by atoms with E-state index in [-0.39, 0.29) is 67.8 Å². The number of aromatic hydroxyl groups is 1. The third kappa shape index (κ3) is 16.7. The first-order valence-electron chi connectivity index (χ1n) is 29.8. The average molecular weight is 1200 g/mol. The SMILES string of the molecule is O=C(Oc1cc(OCc2ccccc2)c([C@@H]2O[C@H](COCc3ccccc3)[C@@H](OCc3ccccc3)[C@H](OCc3ccccc3)[C@H]2OCc2ccccc2)c(O)c1C(=O)/C=C(\O)c1ccc(OCc2ccccc2)cc1)c1ccc(OCc2ccccc2)cc1. The Bertz CT molecular complexity index is 3880. The Labute approximate surface area is 523 Å². The van der Waals surface area contributed by atoms with E-state index in [0.717, 1.165) is 45.0 Å². The molecule has 0 bridgehead atoms. The predicted molar refractivity (Wildman–Crippen MR) is 342 cm³/mol. The van der Waals surface area contributed by atoms with Gasteiger partial charge in [0.05, 0.1) is 44.2 Å². The number of hydrogen-bond donors (Lipinski definition) is 2. The van der Waals surface area contributed by atoms with Crippen LogP contribution in [0.1, 0.15) is 76.9 Å². The number of esters is 1. The Morgan fingerprint density at radius 1 is 0.411 bits per heavy atom. The summed E-state index contributed by atoms with van der Waals surface area (Å²) in [6.45, 7) is 1.06. The van der Waals surface area contributed by atoms with Gasteiger partial charge in [-0.25, -0.2) is 4.79 Å². The van der Waals surface area contributed by atoms with Crippen molar-refractivity contribution in [1.29, 1.82) is 0 Å². The normalized spacial score (nSPS) is 16.4. The van der Waals surface area contributed by atoms with Crippen molar-refractivity contribution in [2.45, 2.75) is 76.8 Å². The maximum Gasteiger partial charge on any atom is 0.343 e. The number of aliphatic hydroxyl groups is 1. The molecule has 0 aromatic heterocycles. The number of hydrogen-bond acceptors (Lipinski definition) is 13. The highest BCUT2D eigenvalue weighted by molar-refractivity contribution is 6.12. The molecule has 0 radical (unpaired) electrons. The highest BCUT2D eigenvalue weighted by Crippen LogP contribution is 2.49. The molecule has 1 aliphatic heterocycles. The lowest BCUT2D eigenvalue weighted by Crippen LogP contribution is -2.58. The number of allylic oxidation sites excluding steroid dienone is 1. The fraction of sp³-hybridized carbons (Fsp3) is 0.169. The number of phenolic OH excluding ortho intramolecular Hbond substituents is 1. The van der Waals surface area contributed by atoms with Crippen molar-refractivity contribution in [2.24, 2.45) is 0 Å². The molecule has 13 nitrogen and oxygen atoms in total. The molecule has 0 spiro atoms. The fourth-order valence-corrected chi connectivity index (χ4v) is 10.4. The smallest absolute Gasteiger partial charge is 0.343 e. The van der Waals surface area contributed by atoms with Crippen molar-refractivity contribution >= 4 is 17.5 Å². The second kappa shape index (κ2) is 31.2. The van der Waals surface area contributed by atoms with Gasteiger partial charge in [-0.1, -0.05) is 212 Å². The Kier molecular flexibility index (Phi) is 21.3. The van der Waals surface area contributed by atoms with Gasteiger partial charge in [0.25, 0.3) is 0 Å². The van der Waals surface area contributed by atoms with E-state index >= 15 is 4.79 Å². The predicted octanol–water partition coefficient (Wildman–Crippen LogP) is 15.5. The van der Waals surface area contributed by atoms with Crippen molar-refractivity contribution < 1.29 is 62.4 Å². The number of aliphatic hydroxyl groups excluding tert-OH is 1. The summed E-state index contributed by atoms with van der Waals surface area (Å²) in [5, 5.41) is 25.3. The van der Waals surface area contributed by atoms with E-state index in [2.05, 4.69) is 0 Å². The summed E-state index contributed by atoms with van der Waals surface area (Å²) in [6, 6.07) is 81.9. The van der Waals surface area contributed by atoms with Crippen molar-refractivity contribution in [2.75, 3.05) is 6.61 Å². The molecule has 10 aromatic carbocycles. The molecule has 1 aliphatic rings. The lowest BCUT2D eigenvalue weighted by Gasteiger charge is -2.46. The first-order chi connectivity index (χ1) is 44.3. The maximum atomic E-state index is 15.4. The minimum Gasteiger partial charge on any atom is -0.507 e. The summed E-state index contributed by atoms with van der Waals surface area (Å²) in [5.41, 5.74) is 6.02. The first-order valence-corrected chi connectivity index (χ1v) is 29.8. The van der Waals surface area contributed by atoms with Crippen LogP contribution in [0.25, 0.3) is 5.76 Å². The van der Waals surface area contributed by atoms with Gasteiger partial charge in [-0.2, -0.15) is 0 Å². The van der Waals surface area contributed by atoms with Gasteiger partial charge >= 0.3 is 5.97 Å². The van der Waals surface area contributed by atoms with Gasteiger partial charge in [0.15, 0.2) is 5.78 Å². The Balaban J connectivity index is 1.04. The molecule has 1 fully saturated rings. The van der Waals surface area contributed by atoms with Gasteiger partial charge in [0.1, 0.15) is 90.4 Å². The number of ketones is 1. The van der Waals surface area contributed by atoms with E-state index in [0.29, 0.717) is 24.7 Å². The molecule has 11 rings (SSSR count). The van der Waals surface area contributed by atoms with Crippen LogP contribution in [0.15, 0.2) is 273 Å².